The van der Waals surface area contributed by atoms with Crippen molar-refractivity contribution < 1.29 is 57.1 Å². The minimum atomic E-state index is -1.09. The number of ether oxygens (including phenoxy) is 8. The Morgan fingerprint density at radius 1 is 0.775 bits per heavy atom. The molecule has 1 atom stereocenters. The van der Waals surface area contributed by atoms with E-state index in [0.29, 0.717) is 5.56 Å². The third-order valence-corrected chi connectivity index (χ3v) is 5.05. The monoisotopic (exact) mass is 560 g/mol. The molecule has 12 heteroatoms. The van der Waals surface area contributed by atoms with Crippen molar-refractivity contribution in [2.24, 2.45) is 0 Å². The largest absolute Gasteiger partial charge is 0.514 e. The fraction of sp³-hybridized carbons (Fsp3) is 0.429. The number of benzene rings is 2. The lowest BCUT2D eigenvalue weighted by atomic mass is 9.95. The molecule has 0 radical (unpaired) electrons. The average molecular weight is 561 g/mol. The maximum atomic E-state index is 13.2. The highest BCUT2D eigenvalue weighted by Crippen LogP contribution is 2.44. The number of Topliss-reactive ketones (excluding diaryl/α,β-unsaturated/α-hetero) is 1. The topological polar surface area (TPSA) is 142 Å². The highest BCUT2D eigenvalue weighted by atomic mass is 16.7. The average Bonchev–Trinajstić information content (AvgIpc) is 2.80. The van der Waals surface area contributed by atoms with Crippen molar-refractivity contribution in [1.82, 2.24) is 0 Å². The number of hydrogen-bond donors (Lipinski definition) is 0. The molecule has 1 aliphatic heterocycles. The van der Waals surface area contributed by atoms with Gasteiger partial charge in [0.05, 0.1) is 20.6 Å². The lowest BCUT2D eigenvalue weighted by Crippen LogP contribution is -2.26. The van der Waals surface area contributed by atoms with Crippen molar-refractivity contribution in [1.29, 1.82) is 0 Å². The molecule has 0 aromatic heterocycles. The zero-order valence-corrected chi connectivity index (χ0v) is 23.6. The number of methoxy groups -OCH3 is 2. The zero-order valence-electron chi connectivity index (χ0n) is 23.6. The summed E-state index contributed by atoms with van der Waals surface area (Å²) in [6.07, 6.45) is -4.06. The van der Waals surface area contributed by atoms with Gasteiger partial charge in [0.1, 0.15) is 34.4 Å². The smallest absolute Gasteiger partial charge is 0.493 e. The number of ketones is 1. The van der Waals surface area contributed by atoms with Gasteiger partial charge in [0.15, 0.2) is 23.0 Å². The third kappa shape index (κ3) is 8.01. The SMILES string of the molecule is COC(=O)Oc1cc(OC(=O)OC(C)(C)C)cc2c1C(=O)CC(c1ccc(OC)c(OC(=O)OC(C)(C)C)c1)O2. The van der Waals surface area contributed by atoms with E-state index >= 15 is 0 Å². The quantitative estimate of drug-likeness (QED) is 0.234. The molecule has 1 heterocycles. The van der Waals surface area contributed by atoms with Crippen LogP contribution in [0.3, 0.4) is 0 Å². The van der Waals surface area contributed by atoms with Crippen LogP contribution < -0.4 is 23.7 Å². The van der Waals surface area contributed by atoms with Crippen LogP contribution in [-0.2, 0) is 14.2 Å². The normalized spacial score (nSPS) is 14.7. The molecule has 0 bridgehead atoms. The molecular weight excluding hydrogens is 528 g/mol. The van der Waals surface area contributed by atoms with Gasteiger partial charge in [-0.25, -0.2) is 14.4 Å². The third-order valence-electron chi connectivity index (χ3n) is 5.05. The predicted molar refractivity (Wildman–Crippen MR) is 139 cm³/mol. The number of rotatable bonds is 5. The van der Waals surface area contributed by atoms with Gasteiger partial charge in [0.2, 0.25) is 0 Å². The Kier molecular flexibility index (Phi) is 8.81. The summed E-state index contributed by atoms with van der Waals surface area (Å²) in [4.78, 5) is 49.6. The molecule has 0 saturated carbocycles. The van der Waals surface area contributed by atoms with Gasteiger partial charge >= 0.3 is 18.5 Å². The van der Waals surface area contributed by atoms with Gasteiger partial charge in [0.25, 0.3) is 0 Å². The first-order valence-electron chi connectivity index (χ1n) is 12.2. The van der Waals surface area contributed by atoms with Crippen LogP contribution >= 0.6 is 0 Å². The Morgan fingerprint density at radius 3 is 1.95 bits per heavy atom. The maximum absolute atomic E-state index is 13.2. The summed E-state index contributed by atoms with van der Waals surface area (Å²) in [5, 5.41) is 0. The van der Waals surface area contributed by atoms with Crippen molar-refractivity contribution in [2.75, 3.05) is 14.2 Å². The highest BCUT2D eigenvalue weighted by Gasteiger charge is 2.34. The zero-order chi connectivity index (χ0) is 29.8. The summed E-state index contributed by atoms with van der Waals surface area (Å²) in [5.41, 5.74) is -1.20. The van der Waals surface area contributed by atoms with E-state index < -0.39 is 41.6 Å². The van der Waals surface area contributed by atoms with E-state index in [2.05, 4.69) is 4.74 Å². The summed E-state index contributed by atoms with van der Waals surface area (Å²) in [6.45, 7) is 10.1. The van der Waals surface area contributed by atoms with Crippen LogP contribution in [0.2, 0.25) is 0 Å². The Morgan fingerprint density at radius 2 is 1.38 bits per heavy atom. The second-order valence-electron chi connectivity index (χ2n) is 10.6. The Bertz CT molecular complexity index is 1300. The van der Waals surface area contributed by atoms with Gasteiger partial charge in [-0.3, -0.25) is 4.79 Å². The molecule has 2 aromatic carbocycles. The highest BCUT2D eigenvalue weighted by molar-refractivity contribution is 6.03. The molecular formula is C28H32O12. The number of carbonyl (C=O) groups is 4. The Hall–Kier alpha value is -4.48. The molecule has 216 valence electrons. The van der Waals surface area contributed by atoms with E-state index in [9.17, 15) is 19.2 Å². The number of carbonyl (C=O) groups excluding carboxylic acids is 4. The predicted octanol–water partition coefficient (Wildman–Crippen LogP) is 6.17. The van der Waals surface area contributed by atoms with Crippen molar-refractivity contribution in [3.8, 4) is 28.7 Å². The fourth-order valence-corrected chi connectivity index (χ4v) is 3.56. The van der Waals surface area contributed by atoms with Crippen molar-refractivity contribution in [2.45, 2.75) is 65.3 Å². The Balaban J connectivity index is 1.96. The second-order valence-corrected chi connectivity index (χ2v) is 10.6. The molecule has 1 aliphatic rings. The van der Waals surface area contributed by atoms with E-state index in [1.54, 1.807) is 53.7 Å². The van der Waals surface area contributed by atoms with Crippen LogP contribution in [0, 0.1) is 0 Å². The molecule has 0 spiro atoms. The van der Waals surface area contributed by atoms with E-state index in [1.807, 2.05) is 0 Å². The second kappa shape index (κ2) is 11.7. The minimum Gasteiger partial charge on any atom is -0.493 e. The first-order valence-corrected chi connectivity index (χ1v) is 12.2. The van der Waals surface area contributed by atoms with Gasteiger partial charge in [-0.05, 0) is 59.2 Å². The summed E-state index contributed by atoms with van der Waals surface area (Å²) in [6, 6.07) is 7.15. The van der Waals surface area contributed by atoms with E-state index in [4.69, 9.17) is 33.2 Å². The Labute approximate surface area is 231 Å². The lowest BCUT2D eigenvalue weighted by molar-refractivity contribution is 0.0188. The molecule has 0 aliphatic carbocycles. The van der Waals surface area contributed by atoms with Crippen molar-refractivity contribution in [3.05, 3.63) is 41.5 Å². The molecule has 40 heavy (non-hydrogen) atoms. The van der Waals surface area contributed by atoms with Crippen LogP contribution in [-0.4, -0.2) is 49.7 Å². The summed E-state index contributed by atoms with van der Waals surface area (Å²) >= 11 is 0. The molecule has 12 nitrogen and oxygen atoms in total. The van der Waals surface area contributed by atoms with Gasteiger partial charge in [-0.15, -0.1) is 0 Å². The van der Waals surface area contributed by atoms with Crippen LogP contribution in [0.25, 0.3) is 0 Å². The van der Waals surface area contributed by atoms with Gasteiger partial charge < -0.3 is 37.9 Å². The number of fused-ring (bicyclic) bond motifs is 1. The molecule has 2 aromatic rings. The molecule has 1 unspecified atom stereocenters. The van der Waals surface area contributed by atoms with E-state index in [1.165, 1.54) is 25.3 Å². The molecule has 3 rings (SSSR count). The molecule has 0 amide bonds. The summed E-state index contributed by atoms with van der Waals surface area (Å²) < 4.78 is 42.0. The van der Waals surface area contributed by atoms with Gasteiger partial charge in [-0.2, -0.15) is 0 Å². The molecule has 0 fully saturated rings. The van der Waals surface area contributed by atoms with Crippen LogP contribution in [0.4, 0.5) is 14.4 Å². The maximum Gasteiger partial charge on any atom is 0.514 e. The summed E-state index contributed by atoms with van der Waals surface area (Å²) in [5.74, 6) is -0.489. The molecule has 0 saturated heterocycles. The first-order chi connectivity index (χ1) is 18.6. The first kappa shape index (κ1) is 30.1. The number of hydrogen-bond acceptors (Lipinski definition) is 12. The van der Waals surface area contributed by atoms with Crippen molar-refractivity contribution in [3.63, 3.8) is 0 Å². The van der Waals surface area contributed by atoms with Gasteiger partial charge in [-0.1, -0.05) is 6.07 Å². The van der Waals surface area contributed by atoms with Crippen molar-refractivity contribution >= 4 is 24.2 Å². The van der Waals surface area contributed by atoms with E-state index in [0.717, 1.165) is 7.11 Å². The van der Waals surface area contributed by atoms with E-state index in [-0.39, 0.29) is 40.7 Å². The standard InChI is InChI=1S/C28H32O12/c1-27(2,3)39-25(31)35-16-12-21-23(22(13-16)38-24(30)34-8)17(29)14-19(36-21)15-9-10-18(33-7)20(11-15)37-26(32)40-28(4,5)6/h9-13,19H,14H2,1-8H3. The van der Waals surface area contributed by atoms with Crippen LogP contribution in [0.5, 0.6) is 28.7 Å². The summed E-state index contributed by atoms with van der Waals surface area (Å²) in [7, 11) is 2.51. The van der Waals surface area contributed by atoms with Gasteiger partial charge in [0, 0.05) is 12.1 Å². The minimum absolute atomic E-state index is 0.0216. The lowest BCUT2D eigenvalue weighted by Gasteiger charge is -2.27. The van der Waals surface area contributed by atoms with Crippen LogP contribution in [0.15, 0.2) is 30.3 Å². The van der Waals surface area contributed by atoms with Crippen LogP contribution in [0.1, 0.15) is 70.0 Å². The fourth-order valence-electron chi connectivity index (χ4n) is 3.56. The molecule has 0 N–H and O–H groups in total.